The quantitative estimate of drug-likeness (QED) is 0.744. The van der Waals surface area contributed by atoms with Crippen LogP contribution in [0.25, 0.3) is 0 Å². The normalized spacial score (nSPS) is 10.3. The molecule has 8 heteroatoms. The fourth-order valence-corrected chi connectivity index (χ4v) is 1.88. The first-order valence-corrected chi connectivity index (χ1v) is 6.81. The number of carbonyl (C=O) groups excluding carboxylic acids is 1. The molecule has 1 aromatic heterocycles. The number of nitrogens with zero attached hydrogens (tertiary/aromatic N) is 4. The summed E-state index contributed by atoms with van der Waals surface area (Å²) in [5.74, 6) is 0.259. The van der Waals surface area contributed by atoms with Crippen LogP contribution in [-0.4, -0.2) is 39.4 Å². The summed E-state index contributed by atoms with van der Waals surface area (Å²) in [7, 11) is 0. The third kappa shape index (κ3) is 3.77. The molecule has 0 atom stereocenters. The highest BCUT2D eigenvalue weighted by atomic mass is 79.9. The van der Waals surface area contributed by atoms with Crippen molar-refractivity contribution < 1.29 is 14.3 Å². The van der Waals surface area contributed by atoms with Crippen LogP contribution in [0.2, 0.25) is 0 Å². The molecular weight excluding hydrogens is 328 g/mol. The molecule has 0 fully saturated rings. The monoisotopic (exact) mass is 340 g/mol. The minimum Gasteiger partial charge on any atom is -0.492 e. The molecule has 0 aliphatic heterocycles. The summed E-state index contributed by atoms with van der Waals surface area (Å²) in [6.07, 6.45) is 0. The predicted molar refractivity (Wildman–Crippen MR) is 73.4 cm³/mol. The van der Waals surface area contributed by atoms with Crippen LogP contribution >= 0.6 is 15.9 Å². The van der Waals surface area contributed by atoms with Crippen molar-refractivity contribution in [2.45, 2.75) is 13.5 Å². The van der Waals surface area contributed by atoms with E-state index in [0.717, 1.165) is 10.2 Å². The Hall–Kier alpha value is -1.96. The topological polar surface area (TPSA) is 79.1 Å². The summed E-state index contributed by atoms with van der Waals surface area (Å²) in [5.41, 5.74) is 0. The van der Waals surface area contributed by atoms with E-state index in [4.69, 9.17) is 9.47 Å². The maximum Gasteiger partial charge on any atom is 0.378 e. The van der Waals surface area contributed by atoms with Crippen LogP contribution in [0.1, 0.15) is 17.5 Å². The Bertz CT molecular complexity index is 588. The minimum absolute atomic E-state index is 0.0738. The number of tetrazole rings is 1. The average molecular weight is 341 g/mol. The Morgan fingerprint density at radius 3 is 3.05 bits per heavy atom. The molecule has 0 saturated heterocycles. The van der Waals surface area contributed by atoms with Gasteiger partial charge in [0.1, 0.15) is 12.4 Å². The van der Waals surface area contributed by atoms with Crippen LogP contribution in [0.3, 0.4) is 0 Å². The van der Waals surface area contributed by atoms with Crippen LogP contribution in [0.4, 0.5) is 0 Å². The molecule has 2 aromatic rings. The van der Waals surface area contributed by atoms with Gasteiger partial charge in [-0.1, -0.05) is 22.0 Å². The van der Waals surface area contributed by atoms with Crippen molar-refractivity contribution in [2.24, 2.45) is 0 Å². The standard InChI is InChI=1S/C12H13BrN4O3/c1-2-19-12(18)11-14-15-16-17(11)6-7-20-10-5-3-4-9(13)8-10/h3-5,8H,2,6-7H2,1H3. The number of carbonyl (C=O) groups is 1. The molecule has 1 aromatic carbocycles. The first-order chi connectivity index (χ1) is 9.70. The molecule has 7 nitrogen and oxygen atoms in total. The van der Waals surface area contributed by atoms with E-state index in [0.29, 0.717) is 13.2 Å². The van der Waals surface area contributed by atoms with Crippen molar-refractivity contribution in [2.75, 3.05) is 13.2 Å². The molecule has 0 radical (unpaired) electrons. The smallest absolute Gasteiger partial charge is 0.378 e. The molecule has 106 valence electrons. The van der Waals surface area contributed by atoms with E-state index in [1.165, 1.54) is 4.68 Å². The number of ether oxygens (including phenoxy) is 2. The van der Waals surface area contributed by atoms with Gasteiger partial charge in [-0.2, -0.15) is 0 Å². The minimum atomic E-state index is -0.542. The summed E-state index contributed by atoms with van der Waals surface area (Å²) >= 11 is 3.36. The van der Waals surface area contributed by atoms with E-state index in [9.17, 15) is 4.79 Å². The second-order valence-electron chi connectivity index (χ2n) is 3.75. The number of esters is 1. The molecule has 0 spiro atoms. The zero-order valence-corrected chi connectivity index (χ0v) is 12.4. The lowest BCUT2D eigenvalue weighted by atomic mass is 10.3. The van der Waals surface area contributed by atoms with Gasteiger partial charge in [0, 0.05) is 4.47 Å². The highest BCUT2D eigenvalue weighted by Gasteiger charge is 2.16. The maximum absolute atomic E-state index is 11.6. The fourth-order valence-electron chi connectivity index (χ4n) is 1.50. The number of rotatable bonds is 6. The van der Waals surface area contributed by atoms with Crippen molar-refractivity contribution in [1.82, 2.24) is 20.2 Å². The molecular formula is C12H13BrN4O3. The second kappa shape index (κ2) is 6.99. The average Bonchev–Trinajstić information content (AvgIpc) is 2.87. The zero-order valence-electron chi connectivity index (χ0n) is 10.8. The lowest BCUT2D eigenvalue weighted by molar-refractivity contribution is 0.0503. The van der Waals surface area contributed by atoms with Gasteiger partial charge in [0.2, 0.25) is 0 Å². The van der Waals surface area contributed by atoms with Gasteiger partial charge in [0.25, 0.3) is 5.82 Å². The lowest BCUT2D eigenvalue weighted by Crippen LogP contribution is -2.17. The molecule has 20 heavy (non-hydrogen) atoms. The second-order valence-corrected chi connectivity index (χ2v) is 4.67. The van der Waals surface area contributed by atoms with Crippen LogP contribution in [0.15, 0.2) is 28.7 Å². The number of benzene rings is 1. The van der Waals surface area contributed by atoms with Gasteiger partial charge in [-0.05, 0) is 35.5 Å². The van der Waals surface area contributed by atoms with Crippen LogP contribution in [0.5, 0.6) is 5.75 Å². The van der Waals surface area contributed by atoms with Gasteiger partial charge in [-0.25, -0.2) is 9.48 Å². The van der Waals surface area contributed by atoms with E-state index in [-0.39, 0.29) is 12.4 Å². The summed E-state index contributed by atoms with van der Waals surface area (Å²) in [6, 6.07) is 7.48. The van der Waals surface area contributed by atoms with Crippen LogP contribution in [0, 0.1) is 0 Å². The van der Waals surface area contributed by atoms with E-state index in [1.807, 2.05) is 24.3 Å². The Morgan fingerprint density at radius 2 is 2.30 bits per heavy atom. The van der Waals surface area contributed by atoms with Crippen molar-refractivity contribution in [3.8, 4) is 5.75 Å². The van der Waals surface area contributed by atoms with E-state index in [2.05, 4.69) is 31.5 Å². The Labute approximate surface area is 124 Å². The van der Waals surface area contributed by atoms with Crippen LogP contribution in [-0.2, 0) is 11.3 Å². The SMILES string of the molecule is CCOC(=O)c1nnnn1CCOc1cccc(Br)c1. The summed E-state index contributed by atoms with van der Waals surface area (Å²) in [6.45, 7) is 2.70. The van der Waals surface area contributed by atoms with Gasteiger partial charge in [0.15, 0.2) is 0 Å². The number of halogens is 1. The highest BCUT2D eigenvalue weighted by molar-refractivity contribution is 9.10. The van der Waals surface area contributed by atoms with E-state index >= 15 is 0 Å². The van der Waals surface area contributed by atoms with E-state index < -0.39 is 5.97 Å². The van der Waals surface area contributed by atoms with Crippen molar-refractivity contribution in [1.29, 1.82) is 0 Å². The van der Waals surface area contributed by atoms with Gasteiger partial charge >= 0.3 is 5.97 Å². The number of aromatic nitrogens is 4. The number of hydrogen-bond donors (Lipinski definition) is 0. The largest absolute Gasteiger partial charge is 0.492 e. The summed E-state index contributed by atoms with van der Waals surface area (Å²) in [4.78, 5) is 11.6. The van der Waals surface area contributed by atoms with Crippen LogP contribution < -0.4 is 4.74 Å². The van der Waals surface area contributed by atoms with Crippen molar-refractivity contribution >= 4 is 21.9 Å². The molecule has 0 saturated carbocycles. The molecule has 0 aliphatic rings. The molecule has 1 heterocycles. The van der Waals surface area contributed by atoms with Gasteiger partial charge < -0.3 is 9.47 Å². The van der Waals surface area contributed by atoms with Gasteiger partial charge in [-0.3, -0.25) is 0 Å². The predicted octanol–water partition coefficient (Wildman–Crippen LogP) is 1.69. The first kappa shape index (κ1) is 14.4. The molecule has 0 aliphatic carbocycles. The number of hydrogen-bond acceptors (Lipinski definition) is 6. The molecule has 2 rings (SSSR count). The highest BCUT2D eigenvalue weighted by Crippen LogP contribution is 2.17. The zero-order chi connectivity index (χ0) is 14.4. The third-order valence-corrected chi connectivity index (χ3v) is 2.85. The van der Waals surface area contributed by atoms with E-state index in [1.54, 1.807) is 6.92 Å². The first-order valence-electron chi connectivity index (χ1n) is 6.02. The summed E-state index contributed by atoms with van der Waals surface area (Å²) in [5, 5.41) is 10.8. The van der Waals surface area contributed by atoms with Gasteiger partial charge in [0.05, 0.1) is 13.2 Å². The molecule has 0 N–H and O–H groups in total. The Balaban J connectivity index is 1.91. The lowest BCUT2D eigenvalue weighted by Gasteiger charge is -2.07. The van der Waals surface area contributed by atoms with Crippen molar-refractivity contribution in [3.05, 3.63) is 34.6 Å². The Kier molecular flexibility index (Phi) is 5.05. The van der Waals surface area contributed by atoms with Crippen molar-refractivity contribution in [3.63, 3.8) is 0 Å². The Morgan fingerprint density at radius 1 is 1.45 bits per heavy atom. The summed E-state index contributed by atoms with van der Waals surface area (Å²) < 4.78 is 12.7. The molecule has 0 amide bonds. The molecule has 0 bridgehead atoms. The van der Waals surface area contributed by atoms with Gasteiger partial charge in [-0.15, -0.1) is 5.10 Å². The third-order valence-electron chi connectivity index (χ3n) is 2.36. The fraction of sp³-hybridized carbons (Fsp3) is 0.333. The maximum atomic E-state index is 11.6. The molecule has 0 unspecified atom stereocenters.